The molecule has 1 aliphatic heterocycles. The Morgan fingerprint density at radius 2 is 2.45 bits per heavy atom. The van der Waals surface area contributed by atoms with E-state index >= 15 is 0 Å². The summed E-state index contributed by atoms with van der Waals surface area (Å²) in [5.74, 6) is 1.03. The molecule has 2 unspecified atom stereocenters. The van der Waals surface area contributed by atoms with E-state index in [0.29, 0.717) is 24.8 Å². The lowest BCUT2D eigenvalue weighted by Gasteiger charge is -2.38. The molecule has 1 amide bonds. The fraction of sp³-hybridized carbons (Fsp3) is 0.615. The van der Waals surface area contributed by atoms with Gasteiger partial charge >= 0.3 is 0 Å². The van der Waals surface area contributed by atoms with Gasteiger partial charge in [0.05, 0.1) is 18.4 Å². The van der Waals surface area contributed by atoms with Gasteiger partial charge in [0, 0.05) is 11.8 Å². The number of hydrogen-bond donors (Lipinski definition) is 1. The molecule has 2 atom stereocenters. The molecule has 7 heteroatoms. The van der Waals surface area contributed by atoms with Gasteiger partial charge in [-0.25, -0.2) is 9.97 Å². The van der Waals surface area contributed by atoms with E-state index in [2.05, 4.69) is 9.97 Å². The fourth-order valence-corrected chi connectivity index (χ4v) is 3.43. The summed E-state index contributed by atoms with van der Waals surface area (Å²) in [4.78, 5) is 21.4. The van der Waals surface area contributed by atoms with E-state index in [4.69, 9.17) is 10.5 Å². The third kappa shape index (κ3) is 2.73. The topological polar surface area (TPSA) is 81.3 Å². The second-order valence-corrected chi connectivity index (χ2v) is 6.02. The van der Waals surface area contributed by atoms with Gasteiger partial charge in [-0.3, -0.25) is 4.79 Å². The van der Waals surface area contributed by atoms with E-state index in [1.54, 1.807) is 29.8 Å². The minimum atomic E-state index is -0.613. The zero-order chi connectivity index (χ0) is 14.8. The Morgan fingerprint density at radius 1 is 1.70 bits per heavy atom. The van der Waals surface area contributed by atoms with Gasteiger partial charge in [-0.15, -0.1) is 0 Å². The molecule has 6 nitrogen and oxygen atoms in total. The molecule has 1 aliphatic rings. The molecule has 0 bridgehead atoms. The molecule has 2 heterocycles. The minimum absolute atomic E-state index is 0.250. The Morgan fingerprint density at radius 3 is 3.05 bits per heavy atom. The monoisotopic (exact) mass is 296 g/mol. The van der Waals surface area contributed by atoms with Gasteiger partial charge in [-0.05, 0) is 26.5 Å². The smallest absolute Gasteiger partial charge is 0.212 e. The number of carbonyl (C=O) groups is 1. The van der Waals surface area contributed by atoms with Crippen LogP contribution in [0.3, 0.4) is 0 Å². The first-order chi connectivity index (χ1) is 9.51. The van der Waals surface area contributed by atoms with E-state index < -0.39 is 5.72 Å². The number of hydrogen-bond acceptors (Lipinski definition) is 6. The van der Waals surface area contributed by atoms with Gasteiger partial charge in [0.1, 0.15) is 11.6 Å². The lowest BCUT2D eigenvalue weighted by Crippen LogP contribution is -2.50. The van der Waals surface area contributed by atoms with Gasteiger partial charge in [-0.1, -0.05) is 0 Å². The number of thioether (sulfide) groups is 1. The fourth-order valence-electron chi connectivity index (χ4n) is 2.45. The number of aryl methyl sites for hydroxylation is 1. The number of nitrogen functional groups attached to an aromatic ring is 1. The van der Waals surface area contributed by atoms with Crippen LogP contribution in [-0.2, 0) is 16.1 Å². The van der Waals surface area contributed by atoms with Crippen LogP contribution in [0.2, 0.25) is 0 Å². The molecule has 1 fully saturated rings. The first-order valence-electron chi connectivity index (χ1n) is 6.48. The Balaban J connectivity index is 2.22. The first-order valence-corrected chi connectivity index (χ1v) is 7.77. The molecule has 110 valence electrons. The average molecular weight is 296 g/mol. The molecule has 0 saturated carbocycles. The summed E-state index contributed by atoms with van der Waals surface area (Å²) in [6.07, 6.45) is 5.44. The van der Waals surface area contributed by atoms with Crippen molar-refractivity contribution in [2.45, 2.75) is 37.8 Å². The third-order valence-electron chi connectivity index (χ3n) is 3.71. The molecule has 1 aromatic heterocycles. The number of aromatic nitrogens is 2. The predicted octanol–water partition coefficient (Wildman–Crippen LogP) is 1.19. The van der Waals surface area contributed by atoms with Crippen molar-refractivity contribution in [1.82, 2.24) is 14.9 Å². The summed E-state index contributed by atoms with van der Waals surface area (Å²) in [5, 5.41) is 0.250. The summed E-state index contributed by atoms with van der Waals surface area (Å²) in [5.41, 5.74) is 6.02. The number of nitrogens with zero attached hydrogens (tertiary/aromatic N) is 3. The van der Waals surface area contributed by atoms with Gasteiger partial charge in [0.25, 0.3) is 0 Å². The maximum atomic E-state index is 11.5. The van der Waals surface area contributed by atoms with Crippen LogP contribution >= 0.6 is 11.8 Å². The maximum Gasteiger partial charge on any atom is 0.212 e. The van der Waals surface area contributed by atoms with Crippen molar-refractivity contribution < 1.29 is 9.53 Å². The van der Waals surface area contributed by atoms with Crippen molar-refractivity contribution in [2.24, 2.45) is 0 Å². The quantitative estimate of drug-likeness (QED) is 0.822. The zero-order valence-electron chi connectivity index (χ0n) is 12.0. The summed E-state index contributed by atoms with van der Waals surface area (Å²) < 4.78 is 5.83. The molecule has 1 aromatic rings. The van der Waals surface area contributed by atoms with Crippen molar-refractivity contribution >= 4 is 24.0 Å². The molecule has 2 rings (SSSR count). The van der Waals surface area contributed by atoms with Crippen molar-refractivity contribution in [3.8, 4) is 0 Å². The molecular formula is C13H20N4O2S. The molecule has 0 aliphatic carbocycles. The molecule has 0 radical (unpaired) electrons. The number of carbonyl (C=O) groups excluding carboxylic acids is 1. The van der Waals surface area contributed by atoms with Gasteiger partial charge < -0.3 is 15.4 Å². The second-order valence-electron chi connectivity index (χ2n) is 4.98. The molecule has 0 aromatic carbocycles. The standard InChI is InChI=1S/C13H20N4O2S/c1-9-15-6-10(12(14)16-9)7-17(8-18)13(2)11(20-3)4-5-19-13/h6,8,11H,4-5,7H2,1-3H3,(H2,14,15,16). The van der Waals surface area contributed by atoms with E-state index in [9.17, 15) is 4.79 Å². The van der Waals surface area contributed by atoms with Crippen LogP contribution < -0.4 is 5.73 Å². The molecule has 2 N–H and O–H groups in total. The highest BCUT2D eigenvalue weighted by molar-refractivity contribution is 7.99. The van der Waals surface area contributed by atoms with Crippen LogP contribution in [0.15, 0.2) is 6.20 Å². The highest BCUT2D eigenvalue weighted by atomic mass is 32.2. The predicted molar refractivity (Wildman–Crippen MR) is 79.1 cm³/mol. The second kappa shape index (κ2) is 5.97. The molecule has 0 spiro atoms. The number of amides is 1. The SMILES string of the molecule is CSC1CCOC1(C)N(C=O)Cc1cnc(C)nc1N. The van der Waals surface area contributed by atoms with Crippen LogP contribution in [0.4, 0.5) is 5.82 Å². The summed E-state index contributed by atoms with van der Waals surface area (Å²) in [7, 11) is 0. The van der Waals surface area contributed by atoms with E-state index in [1.165, 1.54) is 0 Å². The van der Waals surface area contributed by atoms with E-state index in [-0.39, 0.29) is 5.25 Å². The normalized spacial score (nSPS) is 25.6. The number of nitrogens with two attached hydrogens (primary N) is 1. The Hall–Kier alpha value is -1.34. The van der Waals surface area contributed by atoms with Gasteiger partial charge in [0.2, 0.25) is 6.41 Å². The van der Waals surface area contributed by atoms with Crippen LogP contribution in [0.5, 0.6) is 0 Å². The van der Waals surface area contributed by atoms with Crippen molar-refractivity contribution in [2.75, 3.05) is 18.6 Å². The van der Waals surface area contributed by atoms with Crippen molar-refractivity contribution in [3.63, 3.8) is 0 Å². The Labute approximate surface area is 123 Å². The summed E-state index contributed by atoms with van der Waals surface area (Å²) >= 11 is 1.71. The van der Waals surface area contributed by atoms with Crippen LogP contribution in [0, 0.1) is 6.92 Å². The molecule has 20 heavy (non-hydrogen) atoms. The number of ether oxygens (including phenoxy) is 1. The van der Waals surface area contributed by atoms with Crippen LogP contribution in [0.1, 0.15) is 24.7 Å². The highest BCUT2D eigenvalue weighted by Gasteiger charge is 2.44. The Bertz CT molecular complexity index is 499. The van der Waals surface area contributed by atoms with Crippen LogP contribution in [0.25, 0.3) is 0 Å². The molecule has 1 saturated heterocycles. The highest BCUT2D eigenvalue weighted by Crippen LogP contribution is 2.37. The first kappa shape index (κ1) is 15.1. The van der Waals surface area contributed by atoms with Gasteiger partial charge in [-0.2, -0.15) is 11.8 Å². The lowest BCUT2D eigenvalue weighted by atomic mass is 10.1. The average Bonchev–Trinajstić information content (AvgIpc) is 2.80. The number of rotatable bonds is 5. The maximum absolute atomic E-state index is 11.5. The largest absolute Gasteiger partial charge is 0.383 e. The van der Waals surface area contributed by atoms with E-state index in [1.807, 2.05) is 13.2 Å². The van der Waals surface area contributed by atoms with Gasteiger partial charge in [0.15, 0.2) is 5.72 Å². The zero-order valence-corrected chi connectivity index (χ0v) is 12.8. The summed E-state index contributed by atoms with van der Waals surface area (Å²) in [6, 6.07) is 0. The van der Waals surface area contributed by atoms with E-state index in [0.717, 1.165) is 18.4 Å². The number of anilines is 1. The Kier molecular flexibility index (Phi) is 4.49. The van der Waals surface area contributed by atoms with Crippen LogP contribution in [-0.4, -0.2) is 45.1 Å². The third-order valence-corrected chi connectivity index (χ3v) is 4.96. The van der Waals surface area contributed by atoms with Crippen molar-refractivity contribution in [3.05, 3.63) is 17.6 Å². The summed E-state index contributed by atoms with van der Waals surface area (Å²) in [6.45, 7) is 4.74. The lowest BCUT2D eigenvalue weighted by molar-refractivity contribution is -0.147. The van der Waals surface area contributed by atoms with Crippen molar-refractivity contribution in [1.29, 1.82) is 0 Å². The minimum Gasteiger partial charge on any atom is -0.383 e. The molecular weight excluding hydrogens is 276 g/mol.